The van der Waals surface area contributed by atoms with Crippen LogP contribution in [0.3, 0.4) is 0 Å². The first kappa shape index (κ1) is 12.7. The monoisotopic (exact) mass is 286 g/mol. The van der Waals surface area contributed by atoms with Gasteiger partial charge in [0.1, 0.15) is 11.5 Å². The Hall–Kier alpha value is -2.33. The molecular weight excluding hydrogens is 276 g/mol. The van der Waals surface area contributed by atoms with Crippen molar-refractivity contribution >= 4 is 23.1 Å². The van der Waals surface area contributed by atoms with Gasteiger partial charge in [-0.25, -0.2) is 9.78 Å². The largest absolute Gasteiger partial charge is 0.477 e. The standard InChI is InChI=1S/C15H11ClN2O2/c16-12-6-2-1-4-10(12)8-14-17-9-11-5-3-7-13(15(19)20)18(11)14/h1-7,9H,8H2,(H,19,20). The van der Waals surface area contributed by atoms with Crippen molar-refractivity contribution in [3.05, 3.63) is 70.8 Å². The van der Waals surface area contributed by atoms with E-state index >= 15 is 0 Å². The molecule has 0 amide bonds. The van der Waals surface area contributed by atoms with Gasteiger partial charge in [0.25, 0.3) is 0 Å². The van der Waals surface area contributed by atoms with Crippen molar-refractivity contribution < 1.29 is 9.90 Å². The average molecular weight is 287 g/mol. The second kappa shape index (κ2) is 4.98. The molecule has 0 radical (unpaired) electrons. The fourth-order valence-electron chi connectivity index (χ4n) is 2.22. The third-order valence-electron chi connectivity index (χ3n) is 3.15. The van der Waals surface area contributed by atoms with Crippen molar-refractivity contribution in [2.24, 2.45) is 0 Å². The summed E-state index contributed by atoms with van der Waals surface area (Å²) in [5, 5.41) is 9.92. The molecule has 0 aliphatic carbocycles. The molecule has 0 bridgehead atoms. The average Bonchev–Trinajstić information content (AvgIpc) is 2.84. The lowest BCUT2D eigenvalue weighted by Crippen LogP contribution is -2.08. The van der Waals surface area contributed by atoms with Gasteiger partial charge >= 0.3 is 5.97 Å². The summed E-state index contributed by atoms with van der Waals surface area (Å²) in [6.45, 7) is 0. The molecule has 0 aliphatic heterocycles. The summed E-state index contributed by atoms with van der Waals surface area (Å²) >= 11 is 6.14. The van der Waals surface area contributed by atoms with E-state index in [0.717, 1.165) is 11.1 Å². The second-order valence-corrected chi connectivity index (χ2v) is 4.83. The highest BCUT2D eigenvalue weighted by Crippen LogP contribution is 2.20. The SMILES string of the molecule is O=C(O)c1cccc2cnc(Cc3ccccc3Cl)n12. The zero-order valence-corrected chi connectivity index (χ0v) is 11.2. The van der Waals surface area contributed by atoms with E-state index in [1.807, 2.05) is 30.3 Å². The Morgan fingerprint density at radius 1 is 1.20 bits per heavy atom. The van der Waals surface area contributed by atoms with Crippen LogP contribution < -0.4 is 0 Å². The molecule has 0 saturated carbocycles. The highest BCUT2D eigenvalue weighted by molar-refractivity contribution is 6.31. The van der Waals surface area contributed by atoms with Gasteiger partial charge in [0.2, 0.25) is 0 Å². The molecule has 100 valence electrons. The lowest BCUT2D eigenvalue weighted by Gasteiger charge is -2.06. The fraction of sp³-hybridized carbons (Fsp3) is 0.0667. The Balaban J connectivity index is 2.13. The van der Waals surface area contributed by atoms with E-state index in [1.54, 1.807) is 22.7 Å². The number of hydrogen-bond donors (Lipinski definition) is 1. The fourth-order valence-corrected chi connectivity index (χ4v) is 2.42. The van der Waals surface area contributed by atoms with Crippen molar-refractivity contribution in [3.8, 4) is 0 Å². The number of pyridine rings is 1. The first-order valence-corrected chi connectivity index (χ1v) is 6.46. The minimum atomic E-state index is -0.978. The van der Waals surface area contributed by atoms with Crippen LogP contribution in [-0.4, -0.2) is 20.5 Å². The van der Waals surface area contributed by atoms with Crippen LogP contribution in [0.5, 0.6) is 0 Å². The lowest BCUT2D eigenvalue weighted by molar-refractivity contribution is 0.0688. The van der Waals surface area contributed by atoms with Gasteiger partial charge in [-0.2, -0.15) is 0 Å². The van der Waals surface area contributed by atoms with Gasteiger partial charge in [-0.05, 0) is 23.8 Å². The number of carboxylic acids is 1. The van der Waals surface area contributed by atoms with Crippen LogP contribution in [0, 0.1) is 0 Å². The number of hydrogen-bond acceptors (Lipinski definition) is 2. The van der Waals surface area contributed by atoms with Gasteiger partial charge in [-0.1, -0.05) is 35.9 Å². The van der Waals surface area contributed by atoms with Crippen LogP contribution in [0.4, 0.5) is 0 Å². The minimum Gasteiger partial charge on any atom is -0.477 e. The van der Waals surface area contributed by atoms with Crippen LogP contribution in [0.25, 0.3) is 5.52 Å². The number of imidazole rings is 1. The molecule has 2 heterocycles. The van der Waals surface area contributed by atoms with Gasteiger partial charge in [0.15, 0.2) is 0 Å². The molecule has 5 heteroatoms. The molecule has 3 rings (SSSR count). The maximum atomic E-state index is 11.3. The number of halogens is 1. The van der Waals surface area contributed by atoms with E-state index in [1.165, 1.54) is 0 Å². The predicted molar refractivity (Wildman–Crippen MR) is 76.4 cm³/mol. The Kier molecular flexibility index (Phi) is 3.16. The van der Waals surface area contributed by atoms with Crippen LogP contribution in [0.2, 0.25) is 5.02 Å². The van der Waals surface area contributed by atoms with Gasteiger partial charge < -0.3 is 5.11 Å². The van der Waals surface area contributed by atoms with Crippen molar-refractivity contribution in [1.29, 1.82) is 0 Å². The van der Waals surface area contributed by atoms with Gasteiger partial charge in [0, 0.05) is 11.4 Å². The summed E-state index contributed by atoms with van der Waals surface area (Å²) in [5.74, 6) is -0.319. The number of aromatic carboxylic acids is 1. The lowest BCUT2D eigenvalue weighted by atomic mass is 10.1. The number of fused-ring (bicyclic) bond motifs is 1. The molecule has 2 aromatic heterocycles. The molecule has 1 N–H and O–H groups in total. The Labute approximate surface area is 120 Å². The first-order chi connectivity index (χ1) is 9.66. The number of aromatic nitrogens is 2. The highest BCUT2D eigenvalue weighted by Gasteiger charge is 2.13. The third-order valence-corrected chi connectivity index (χ3v) is 3.52. The molecule has 0 aliphatic rings. The predicted octanol–water partition coefficient (Wildman–Crippen LogP) is 3.28. The minimum absolute atomic E-state index is 0.196. The van der Waals surface area contributed by atoms with Gasteiger partial charge in [0.05, 0.1) is 11.7 Å². The van der Waals surface area contributed by atoms with Gasteiger partial charge in [-0.3, -0.25) is 4.40 Å². The number of carbonyl (C=O) groups is 1. The number of nitrogens with zero attached hydrogens (tertiary/aromatic N) is 2. The molecule has 1 aromatic carbocycles. The first-order valence-electron chi connectivity index (χ1n) is 6.09. The molecule has 3 aromatic rings. The number of carboxylic acid groups (broad SMARTS) is 1. The highest BCUT2D eigenvalue weighted by atomic mass is 35.5. The molecule has 4 nitrogen and oxygen atoms in total. The molecule has 0 atom stereocenters. The van der Waals surface area contributed by atoms with E-state index in [9.17, 15) is 9.90 Å². The number of rotatable bonds is 3. The van der Waals surface area contributed by atoms with Crippen molar-refractivity contribution in [2.45, 2.75) is 6.42 Å². The molecule has 20 heavy (non-hydrogen) atoms. The summed E-state index contributed by atoms with van der Waals surface area (Å²) in [4.78, 5) is 15.6. The second-order valence-electron chi connectivity index (χ2n) is 4.42. The molecule has 0 unspecified atom stereocenters. The molecule has 0 spiro atoms. The Bertz CT molecular complexity index is 795. The molecule has 0 fully saturated rings. The third kappa shape index (κ3) is 2.14. The van der Waals surface area contributed by atoms with E-state index in [4.69, 9.17) is 11.6 Å². The summed E-state index contributed by atoms with van der Waals surface area (Å²) in [6, 6.07) is 12.6. The summed E-state index contributed by atoms with van der Waals surface area (Å²) in [6.07, 6.45) is 2.15. The van der Waals surface area contributed by atoms with Crippen molar-refractivity contribution in [1.82, 2.24) is 9.38 Å². The number of benzene rings is 1. The summed E-state index contributed by atoms with van der Waals surface area (Å²) < 4.78 is 1.64. The maximum absolute atomic E-state index is 11.3. The smallest absolute Gasteiger partial charge is 0.352 e. The topological polar surface area (TPSA) is 54.6 Å². The van der Waals surface area contributed by atoms with Crippen LogP contribution in [0.15, 0.2) is 48.7 Å². The zero-order chi connectivity index (χ0) is 14.1. The van der Waals surface area contributed by atoms with E-state index in [0.29, 0.717) is 17.3 Å². The summed E-state index contributed by atoms with van der Waals surface area (Å²) in [5.41, 5.74) is 1.87. The summed E-state index contributed by atoms with van der Waals surface area (Å²) in [7, 11) is 0. The van der Waals surface area contributed by atoms with Crippen LogP contribution >= 0.6 is 11.6 Å². The molecular formula is C15H11ClN2O2. The van der Waals surface area contributed by atoms with E-state index in [-0.39, 0.29) is 5.69 Å². The Morgan fingerprint density at radius 2 is 2.00 bits per heavy atom. The maximum Gasteiger partial charge on any atom is 0.352 e. The van der Waals surface area contributed by atoms with Crippen molar-refractivity contribution in [3.63, 3.8) is 0 Å². The normalized spacial score (nSPS) is 10.8. The van der Waals surface area contributed by atoms with E-state index in [2.05, 4.69) is 4.98 Å². The van der Waals surface area contributed by atoms with Crippen molar-refractivity contribution in [2.75, 3.05) is 0 Å². The zero-order valence-electron chi connectivity index (χ0n) is 10.5. The van der Waals surface area contributed by atoms with Crippen LogP contribution in [0.1, 0.15) is 21.9 Å². The molecule has 0 saturated heterocycles. The Morgan fingerprint density at radius 3 is 2.75 bits per heavy atom. The van der Waals surface area contributed by atoms with Gasteiger partial charge in [-0.15, -0.1) is 0 Å². The van der Waals surface area contributed by atoms with E-state index < -0.39 is 5.97 Å². The van der Waals surface area contributed by atoms with Crippen LogP contribution in [-0.2, 0) is 6.42 Å². The quantitative estimate of drug-likeness (QED) is 0.804.